The molecule has 1 heterocycles. The summed E-state index contributed by atoms with van der Waals surface area (Å²) in [6, 6.07) is 8.54. The van der Waals surface area contributed by atoms with E-state index in [9.17, 15) is 0 Å². The molecule has 1 atom stereocenters. The first-order valence-electron chi connectivity index (χ1n) is 7.20. The van der Waals surface area contributed by atoms with E-state index in [0.29, 0.717) is 0 Å². The zero-order chi connectivity index (χ0) is 13.6. The number of rotatable bonds is 5. The van der Waals surface area contributed by atoms with Gasteiger partial charge in [-0.2, -0.15) is 5.10 Å². The van der Waals surface area contributed by atoms with Crippen molar-refractivity contribution in [1.82, 2.24) is 14.8 Å². The lowest BCUT2D eigenvalue weighted by Crippen LogP contribution is -2.15. The topological polar surface area (TPSA) is 42.7 Å². The van der Waals surface area contributed by atoms with Crippen LogP contribution in [0.4, 0.5) is 5.69 Å². The molecule has 0 amide bonds. The van der Waals surface area contributed by atoms with Crippen LogP contribution in [0.5, 0.6) is 0 Å². The summed E-state index contributed by atoms with van der Waals surface area (Å²) in [5, 5.41) is 7.69. The van der Waals surface area contributed by atoms with E-state index in [-0.39, 0.29) is 0 Å². The van der Waals surface area contributed by atoms with Crippen LogP contribution >= 0.6 is 0 Å². The van der Waals surface area contributed by atoms with Crippen LogP contribution in [0.25, 0.3) is 0 Å². The first-order valence-corrected chi connectivity index (χ1v) is 7.20. The van der Waals surface area contributed by atoms with Crippen LogP contribution in [-0.4, -0.2) is 21.3 Å². The van der Waals surface area contributed by atoms with Gasteiger partial charge in [0.05, 0.1) is 6.54 Å². The second kappa shape index (κ2) is 6.37. The summed E-state index contributed by atoms with van der Waals surface area (Å²) in [5.74, 6) is 0.763. The Morgan fingerprint density at radius 3 is 3.10 bits per heavy atom. The molecule has 1 aliphatic rings. The van der Waals surface area contributed by atoms with E-state index in [2.05, 4.69) is 51.8 Å². The molecule has 4 heteroatoms. The quantitative estimate of drug-likeness (QED) is 0.847. The van der Waals surface area contributed by atoms with Gasteiger partial charge in [0.2, 0.25) is 0 Å². The van der Waals surface area contributed by atoms with Gasteiger partial charge in [-0.3, -0.25) is 0 Å². The lowest BCUT2D eigenvalue weighted by atomic mass is 9.94. The molecular formula is C16H20N4. The predicted molar refractivity (Wildman–Crippen MR) is 80.5 cm³/mol. The first kappa shape index (κ1) is 12.9. The van der Waals surface area contributed by atoms with Crippen LogP contribution in [0.2, 0.25) is 0 Å². The van der Waals surface area contributed by atoms with Gasteiger partial charge in [0.25, 0.3) is 0 Å². The second-order valence-electron chi connectivity index (χ2n) is 5.32. The Balaban J connectivity index is 1.58. The minimum Gasteiger partial charge on any atom is -0.385 e. The van der Waals surface area contributed by atoms with Crippen molar-refractivity contribution in [3.63, 3.8) is 0 Å². The molecule has 0 fully saturated rings. The van der Waals surface area contributed by atoms with Gasteiger partial charge in [-0.25, -0.2) is 9.67 Å². The summed E-state index contributed by atoms with van der Waals surface area (Å²) >= 11 is 0. The number of hydrogen-bond donors (Lipinski definition) is 1. The Kier molecular flexibility index (Phi) is 4.11. The first-order chi connectivity index (χ1) is 9.90. The molecule has 0 bridgehead atoms. The summed E-state index contributed by atoms with van der Waals surface area (Å²) < 4.78 is 1.84. The van der Waals surface area contributed by atoms with E-state index in [4.69, 9.17) is 0 Å². The van der Waals surface area contributed by atoms with Gasteiger partial charge >= 0.3 is 0 Å². The highest BCUT2D eigenvalue weighted by atomic mass is 15.3. The molecule has 1 aromatic carbocycles. The molecule has 20 heavy (non-hydrogen) atoms. The Morgan fingerprint density at radius 2 is 2.30 bits per heavy atom. The number of benzene rings is 1. The number of aromatic nitrogens is 3. The molecule has 1 unspecified atom stereocenters. The van der Waals surface area contributed by atoms with Gasteiger partial charge in [0, 0.05) is 12.2 Å². The molecule has 4 nitrogen and oxygen atoms in total. The van der Waals surface area contributed by atoms with E-state index >= 15 is 0 Å². The molecule has 2 aromatic rings. The molecule has 104 valence electrons. The van der Waals surface area contributed by atoms with E-state index in [1.165, 1.54) is 30.5 Å². The zero-order valence-corrected chi connectivity index (χ0v) is 11.6. The number of hydrogen-bond acceptors (Lipinski definition) is 3. The van der Waals surface area contributed by atoms with Gasteiger partial charge in [-0.05, 0) is 42.9 Å². The second-order valence-corrected chi connectivity index (χ2v) is 5.32. The van der Waals surface area contributed by atoms with Gasteiger partial charge in [-0.1, -0.05) is 24.3 Å². The smallest absolute Gasteiger partial charge is 0.137 e. The van der Waals surface area contributed by atoms with E-state index in [1.807, 2.05) is 4.68 Å². The van der Waals surface area contributed by atoms with Crippen LogP contribution in [-0.2, 0) is 6.54 Å². The predicted octanol–water partition coefficient (Wildman–Crippen LogP) is 3.09. The molecule has 1 aromatic heterocycles. The Labute approximate surface area is 119 Å². The van der Waals surface area contributed by atoms with Crippen molar-refractivity contribution in [2.75, 3.05) is 11.9 Å². The Bertz CT molecular complexity index is 560. The fourth-order valence-electron chi connectivity index (χ4n) is 2.58. The summed E-state index contributed by atoms with van der Waals surface area (Å²) in [4.78, 5) is 3.97. The largest absolute Gasteiger partial charge is 0.385 e. The van der Waals surface area contributed by atoms with Gasteiger partial charge in [0.15, 0.2) is 0 Å². The van der Waals surface area contributed by atoms with E-state index in [0.717, 1.165) is 19.0 Å². The molecule has 0 radical (unpaired) electrons. The van der Waals surface area contributed by atoms with Crippen LogP contribution < -0.4 is 5.32 Å². The molecule has 1 aliphatic carbocycles. The highest BCUT2D eigenvalue weighted by Crippen LogP contribution is 2.19. The van der Waals surface area contributed by atoms with Crippen molar-refractivity contribution in [2.45, 2.75) is 25.8 Å². The Morgan fingerprint density at radius 1 is 1.30 bits per heavy atom. The van der Waals surface area contributed by atoms with Crippen molar-refractivity contribution in [3.05, 3.63) is 54.6 Å². The van der Waals surface area contributed by atoms with Crippen molar-refractivity contribution in [3.8, 4) is 0 Å². The zero-order valence-electron chi connectivity index (χ0n) is 11.6. The van der Waals surface area contributed by atoms with Crippen molar-refractivity contribution >= 4 is 5.69 Å². The van der Waals surface area contributed by atoms with Gasteiger partial charge in [-0.15, -0.1) is 0 Å². The number of allylic oxidation sites excluding steroid dienone is 2. The standard InChI is InChI=1S/C16H20N4/c1-2-5-14(6-3-1)10-18-16-8-4-7-15(9-16)11-20-13-17-12-19-20/h1-2,4,7-9,12-14,18H,3,5-6,10-11H2. The van der Waals surface area contributed by atoms with Gasteiger partial charge in [0.1, 0.15) is 12.7 Å². The molecule has 0 aliphatic heterocycles. The highest BCUT2D eigenvalue weighted by Gasteiger charge is 2.09. The monoisotopic (exact) mass is 268 g/mol. The van der Waals surface area contributed by atoms with Crippen LogP contribution in [0.15, 0.2) is 49.1 Å². The van der Waals surface area contributed by atoms with Gasteiger partial charge < -0.3 is 5.32 Å². The lowest BCUT2D eigenvalue weighted by molar-refractivity contribution is 0.504. The third kappa shape index (κ3) is 3.47. The third-order valence-corrected chi connectivity index (χ3v) is 3.71. The normalized spacial score (nSPS) is 18.1. The lowest BCUT2D eigenvalue weighted by Gasteiger charge is -2.19. The van der Waals surface area contributed by atoms with Crippen LogP contribution in [0.1, 0.15) is 24.8 Å². The average Bonchev–Trinajstić information content (AvgIpc) is 3.00. The molecule has 0 spiro atoms. The summed E-state index contributed by atoms with van der Waals surface area (Å²) in [6.07, 6.45) is 11.6. The average molecular weight is 268 g/mol. The maximum Gasteiger partial charge on any atom is 0.137 e. The molecule has 0 saturated carbocycles. The van der Waals surface area contributed by atoms with E-state index < -0.39 is 0 Å². The number of nitrogens with zero attached hydrogens (tertiary/aromatic N) is 3. The van der Waals surface area contributed by atoms with Crippen molar-refractivity contribution in [2.24, 2.45) is 5.92 Å². The Hall–Kier alpha value is -2.10. The molecule has 0 saturated heterocycles. The maximum atomic E-state index is 4.14. The van der Waals surface area contributed by atoms with Crippen LogP contribution in [0.3, 0.4) is 0 Å². The third-order valence-electron chi connectivity index (χ3n) is 3.71. The highest BCUT2D eigenvalue weighted by molar-refractivity contribution is 5.45. The van der Waals surface area contributed by atoms with E-state index in [1.54, 1.807) is 12.7 Å². The van der Waals surface area contributed by atoms with Crippen LogP contribution in [0, 0.1) is 5.92 Å². The minimum atomic E-state index is 0.763. The summed E-state index contributed by atoms with van der Waals surface area (Å²) in [6.45, 7) is 1.82. The minimum absolute atomic E-state index is 0.763. The fraction of sp³-hybridized carbons (Fsp3) is 0.375. The number of nitrogens with one attached hydrogen (secondary N) is 1. The fourth-order valence-corrected chi connectivity index (χ4v) is 2.58. The number of anilines is 1. The van der Waals surface area contributed by atoms with Crippen molar-refractivity contribution < 1.29 is 0 Å². The summed E-state index contributed by atoms with van der Waals surface area (Å²) in [5.41, 5.74) is 2.43. The maximum absolute atomic E-state index is 4.14. The SMILES string of the molecule is C1=CCC(CNc2cccc(Cn3cncn3)c2)CC1. The molecule has 3 rings (SSSR count). The molecule has 1 N–H and O–H groups in total. The molecular weight excluding hydrogens is 248 g/mol. The summed E-state index contributed by atoms with van der Waals surface area (Å²) in [7, 11) is 0. The van der Waals surface area contributed by atoms with Crippen molar-refractivity contribution in [1.29, 1.82) is 0 Å².